The second-order valence-corrected chi connectivity index (χ2v) is 1.05. The molecule has 0 aliphatic rings. The first-order valence-corrected chi connectivity index (χ1v) is 2.35. The quantitative estimate of drug-likeness (QED) is 0.136. The molecule has 0 spiro atoms. The van der Waals surface area contributed by atoms with Gasteiger partial charge in [0.25, 0.3) is 0 Å². The van der Waals surface area contributed by atoms with Gasteiger partial charge in [0.2, 0.25) is 0 Å². The summed E-state index contributed by atoms with van der Waals surface area (Å²) in [5.74, 6) is 4.82. The molecule has 0 saturated carbocycles. The third-order valence-electron chi connectivity index (χ3n) is 0.462. The lowest BCUT2D eigenvalue weighted by atomic mass is 10.8. The Morgan fingerprint density at radius 1 is 1.25 bits per heavy atom. The van der Waals surface area contributed by atoms with E-state index in [0.29, 0.717) is 0 Å². The molecule has 0 rings (SSSR count). The standard InChI is InChI=1S/C2H12N6/c1-2-4-6-8-7-5-3/h4-8H,2-3H2,1H3. The fraction of sp³-hybridized carbons (Fsp3) is 1.00. The van der Waals surface area contributed by atoms with E-state index in [1.807, 2.05) is 6.92 Å². The minimum Gasteiger partial charge on any atom is -0.257 e. The molecule has 0 radical (unpaired) electrons. The van der Waals surface area contributed by atoms with Crippen molar-refractivity contribution < 1.29 is 0 Å². The molecule has 0 atom stereocenters. The molecule has 6 nitrogen and oxygen atoms in total. The van der Waals surface area contributed by atoms with Crippen LogP contribution in [0.5, 0.6) is 0 Å². The van der Waals surface area contributed by atoms with Gasteiger partial charge in [-0.25, -0.2) is 5.43 Å². The van der Waals surface area contributed by atoms with Crippen LogP contribution in [-0.4, -0.2) is 6.54 Å². The van der Waals surface area contributed by atoms with E-state index in [4.69, 9.17) is 5.84 Å². The molecule has 0 heterocycles. The van der Waals surface area contributed by atoms with Crippen molar-refractivity contribution >= 4 is 0 Å². The third kappa shape index (κ3) is 5.76. The van der Waals surface area contributed by atoms with Gasteiger partial charge >= 0.3 is 0 Å². The minimum atomic E-state index is 0.833. The molecule has 0 aromatic rings. The van der Waals surface area contributed by atoms with Gasteiger partial charge in [0.05, 0.1) is 0 Å². The van der Waals surface area contributed by atoms with Gasteiger partial charge in [0, 0.05) is 6.54 Å². The predicted molar refractivity (Wildman–Crippen MR) is 30.4 cm³/mol. The summed E-state index contributed by atoms with van der Waals surface area (Å²) < 4.78 is 0. The number of hydrogen-bond donors (Lipinski definition) is 6. The van der Waals surface area contributed by atoms with Crippen molar-refractivity contribution in [2.24, 2.45) is 5.84 Å². The Kier molecular flexibility index (Phi) is 6.56. The molecule has 7 N–H and O–H groups in total. The summed E-state index contributed by atoms with van der Waals surface area (Å²) in [7, 11) is 0. The van der Waals surface area contributed by atoms with E-state index >= 15 is 0 Å². The summed E-state index contributed by atoms with van der Waals surface area (Å²) in [5, 5.41) is 0. The Balaban J connectivity index is 2.53. The van der Waals surface area contributed by atoms with Gasteiger partial charge < -0.3 is 0 Å². The van der Waals surface area contributed by atoms with E-state index < -0.39 is 0 Å². The molecule has 0 aromatic carbocycles. The van der Waals surface area contributed by atoms with Gasteiger partial charge in [0.1, 0.15) is 0 Å². The first-order chi connectivity index (χ1) is 3.91. The number of rotatable bonds is 5. The van der Waals surface area contributed by atoms with Crippen LogP contribution in [0.4, 0.5) is 0 Å². The smallest absolute Gasteiger partial charge is 0.00850 e. The van der Waals surface area contributed by atoms with Crippen LogP contribution in [0.2, 0.25) is 0 Å². The molecule has 0 saturated heterocycles. The van der Waals surface area contributed by atoms with Gasteiger partial charge in [0.15, 0.2) is 0 Å². The van der Waals surface area contributed by atoms with Crippen molar-refractivity contribution in [2.45, 2.75) is 6.92 Å². The Hall–Kier alpha value is -0.240. The summed E-state index contributed by atoms with van der Waals surface area (Å²) in [6.45, 7) is 2.80. The summed E-state index contributed by atoms with van der Waals surface area (Å²) >= 11 is 0. The molecule has 0 fully saturated rings. The van der Waals surface area contributed by atoms with Crippen LogP contribution in [0.25, 0.3) is 0 Å². The maximum Gasteiger partial charge on any atom is 0.00850 e. The summed E-state index contributed by atoms with van der Waals surface area (Å²) in [6.07, 6.45) is 0. The maximum atomic E-state index is 4.82. The monoisotopic (exact) mass is 120 g/mol. The molecule has 0 aliphatic heterocycles. The molecular weight excluding hydrogens is 108 g/mol. The fourth-order valence-electron chi connectivity index (χ4n) is 0.200. The van der Waals surface area contributed by atoms with Crippen LogP contribution in [-0.2, 0) is 0 Å². The second-order valence-electron chi connectivity index (χ2n) is 1.05. The highest BCUT2D eigenvalue weighted by atomic mass is 15.8. The molecule has 0 aliphatic carbocycles. The van der Waals surface area contributed by atoms with Crippen LogP contribution >= 0.6 is 0 Å². The molecule has 0 aromatic heterocycles. The number of nitrogens with one attached hydrogen (secondary N) is 5. The molecule has 8 heavy (non-hydrogen) atoms. The van der Waals surface area contributed by atoms with Crippen LogP contribution in [0.15, 0.2) is 0 Å². The van der Waals surface area contributed by atoms with Gasteiger partial charge in [-0.2, -0.15) is 22.1 Å². The molecule has 0 amide bonds. The fourth-order valence-corrected chi connectivity index (χ4v) is 0.200. The highest BCUT2D eigenvalue weighted by Crippen LogP contribution is 1.37. The van der Waals surface area contributed by atoms with Crippen LogP contribution in [0, 0.1) is 0 Å². The molecule has 0 unspecified atom stereocenters. The van der Waals surface area contributed by atoms with E-state index in [-0.39, 0.29) is 0 Å². The highest BCUT2D eigenvalue weighted by molar-refractivity contribution is 4.19. The lowest BCUT2D eigenvalue weighted by Crippen LogP contribution is -2.57. The number of hydrazine groups is 5. The average molecular weight is 120 g/mol. The largest absolute Gasteiger partial charge is 0.257 e. The Morgan fingerprint density at radius 2 is 2.00 bits per heavy atom. The lowest BCUT2D eigenvalue weighted by Gasteiger charge is -2.05. The molecule has 6 heteroatoms. The number of nitrogens with two attached hydrogens (primary N) is 1. The van der Waals surface area contributed by atoms with Crippen molar-refractivity contribution in [1.29, 1.82) is 0 Å². The van der Waals surface area contributed by atoms with Crippen molar-refractivity contribution in [1.82, 2.24) is 27.6 Å². The Morgan fingerprint density at radius 3 is 2.50 bits per heavy atom. The zero-order chi connectivity index (χ0) is 6.24. The van der Waals surface area contributed by atoms with Crippen molar-refractivity contribution in [2.75, 3.05) is 6.54 Å². The van der Waals surface area contributed by atoms with E-state index in [9.17, 15) is 0 Å². The topological polar surface area (TPSA) is 86.2 Å². The van der Waals surface area contributed by atoms with Crippen LogP contribution in [0.1, 0.15) is 6.92 Å². The first-order valence-electron chi connectivity index (χ1n) is 2.35. The zero-order valence-corrected chi connectivity index (χ0v) is 4.78. The zero-order valence-electron chi connectivity index (χ0n) is 4.78. The normalized spacial score (nSPS) is 9.75. The lowest BCUT2D eigenvalue weighted by molar-refractivity contribution is 0.333. The van der Waals surface area contributed by atoms with Gasteiger partial charge in [-0.15, -0.1) is 0 Å². The summed E-state index contributed by atoms with van der Waals surface area (Å²) in [4.78, 5) is 0. The van der Waals surface area contributed by atoms with E-state index in [1.54, 1.807) is 0 Å². The Bertz CT molecular complexity index is 31.5. The molecule has 0 bridgehead atoms. The number of hydrogen-bond acceptors (Lipinski definition) is 6. The summed E-state index contributed by atoms with van der Waals surface area (Å²) in [5.41, 5.74) is 12.4. The van der Waals surface area contributed by atoms with Gasteiger partial charge in [-0.05, 0) is 0 Å². The average Bonchev–Trinajstić information content (AvgIpc) is 1.81. The predicted octanol–water partition coefficient (Wildman–Crippen LogP) is -2.51. The Labute approximate surface area is 48.0 Å². The van der Waals surface area contributed by atoms with Crippen molar-refractivity contribution in [3.63, 3.8) is 0 Å². The third-order valence-corrected chi connectivity index (χ3v) is 0.462. The van der Waals surface area contributed by atoms with E-state index in [0.717, 1.165) is 6.54 Å². The maximum absolute atomic E-state index is 4.82. The molecular formula is C2H12N6. The minimum absolute atomic E-state index is 0.833. The highest BCUT2D eigenvalue weighted by Gasteiger charge is 1.72. The van der Waals surface area contributed by atoms with Crippen LogP contribution < -0.4 is 33.4 Å². The second kappa shape index (κ2) is 6.76. The van der Waals surface area contributed by atoms with Crippen molar-refractivity contribution in [3.05, 3.63) is 0 Å². The van der Waals surface area contributed by atoms with E-state index in [2.05, 4.69) is 27.6 Å². The van der Waals surface area contributed by atoms with Gasteiger partial charge in [-0.3, -0.25) is 5.84 Å². The van der Waals surface area contributed by atoms with Gasteiger partial charge in [-0.1, -0.05) is 6.92 Å². The molecule has 50 valence electrons. The van der Waals surface area contributed by atoms with Crippen molar-refractivity contribution in [3.8, 4) is 0 Å². The first kappa shape index (κ1) is 7.76. The van der Waals surface area contributed by atoms with E-state index in [1.165, 1.54) is 0 Å². The SMILES string of the molecule is CCNNNNNN. The summed E-state index contributed by atoms with van der Waals surface area (Å²) in [6, 6.07) is 0. The van der Waals surface area contributed by atoms with Crippen LogP contribution in [0.3, 0.4) is 0 Å².